The van der Waals surface area contributed by atoms with E-state index in [0.717, 1.165) is 33.8 Å². The van der Waals surface area contributed by atoms with Crippen LogP contribution in [0.4, 0.5) is 0 Å². The predicted octanol–water partition coefficient (Wildman–Crippen LogP) is 4.51. The van der Waals surface area contributed by atoms with Crippen molar-refractivity contribution in [3.8, 4) is 11.5 Å². The monoisotopic (exact) mass is 362 g/mol. The normalized spacial score (nSPS) is 15.1. The number of nitrogens with zero attached hydrogens (tertiary/aromatic N) is 2. The summed E-state index contributed by atoms with van der Waals surface area (Å²) < 4.78 is 6.24. The van der Waals surface area contributed by atoms with E-state index in [0.29, 0.717) is 11.1 Å². The standard InChI is InChI=1S/C24H14N2O2/c27-23-15-9-11-25-13-19(15)24(20-14-26-12-10-16(20)23)17-5-1-3-7-21(17)28-22-8-4-2-6-18(22)24/h1-14H. The number of para-hydroxylation sites is 2. The summed E-state index contributed by atoms with van der Waals surface area (Å²) in [5.74, 6) is 1.56. The molecule has 28 heavy (non-hydrogen) atoms. The van der Waals surface area contributed by atoms with E-state index in [-0.39, 0.29) is 5.78 Å². The summed E-state index contributed by atoms with van der Waals surface area (Å²) in [5.41, 5.74) is 4.34. The van der Waals surface area contributed by atoms with E-state index >= 15 is 0 Å². The molecule has 4 heteroatoms. The summed E-state index contributed by atoms with van der Waals surface area (Å²) in [6.45, 7) is 0. The molecule has 4 aromatic rings. The number of rotatable bonds is 0. The number of benzene rings is 2. The van der Waals surface area contributed by atoms with Gasteiger partial charge in [-0.1, -0.05) is 36.4 Å². The van der Waals surface area contributed by atoms with Crippen molar-refractivity contribution in [2.75, 3.05) is 0 Å². The SMILES string of the molecule is O=C1c2ccncc2C2(c3ccccc3Oc3ccccc32)c2cnccc21. The maximum Gasteiger partial charge on any atom is 0.193 e. The lowest BCUT2D eigenvalue weighted by atomic mass is 9.59. The molecule has 4 nitrogen and oxygen atoms in total. The third-order valence-electron chi connectivity index (χ3n) is 5.74. The summed E-state index contributed by atoms with van der Waals surface area (Å²) in [4.78, 5) is 22.0. The minimum Gasteiger partial charge on any atom is -0.457 e. The van der Waals surface area contributed by atoms with Gasteiger partial charge in [-0.25, -0.2) is 0 Å². The Bertz CT molecular complexity index is 1180. The Morgan fingerprint density at radius 3 is 1.68 bits per heavy atom. The second-order valence-electron chi connectivity index (χ2n) is 7.02. The molecule has 0 saturated carbocycles. The topological polar surface area (TPSA) is 52.1 Å². The molecule has 0 saturated heterocycles. The fraction of sp³-hybridized carbons (Fsp3) is 0.0417. The van der Waals surface area contributed by atoms with Crippen LogP contribution < -0.4 is 4.74 Å². The van der Waals surface area contributed by atoms with Gasteiger partial charge in [0, 0.05) is 58.2 Å². The van der Waals surface area contributed by atoms with Crippen molar-refractivity contribution < 1.29 is 9.53 Å². The highest BCUT2D eigenvalue weighted by atomic mass is 16.5. The number of ketones is 1. The Balaban J connectivity index is 1.88. The lowest BCUT2D eigenvalue weighted by molar-refractivity contribution is 0.103. The molecular weight excluding hydrogens is 348 g/mol. The fourth-order valence-corrected chi connectivity index (χ4v) is 4.65. The van der Waals surface area contributed by atoms with Crippen molar-refractivity contribution in [1.29, 1.82) is 0 Å². The van der Waals surface area contributed by atoms with Crippen molar-refractivity contribution in [2.24, 2.45) is 0 Å². The molecular formula is C24H14N2O2. The number of fused-ring (bicyclic) bond motifs is 8. The Hall–Kier alpha value is -3.79. The van der Waals surface area contributed by atoms with Gasteiger partial charge in [-0.3, -0.25) is 14.8 Å². The second kappa shape index (κ2) is 5.36. The van der Waals surface area contributed by atoms with Gasteiger partial charge >= 0.3 is 0 Å². The molecule has 132 valence electrons. The summed E-state index contributed by atoms with van der Waals surface area (Å²) >= 11 is 0. The van der Waals surface area contributed by atoms with Gasteiger partial charge < -0.3 is 4.74 Å². The molecule has 2 aliphatic rings. The van der Waals surface area contributed by atoms with Gasteiger partial charge in [0.1, 0.15) is 11.5 Å². The quantitative estimate of drug-likeness (QED) is 0.399. The van der Waals surface area contributed by atoms with Gasteiger partial charge in [-0.15, -0.1) is 0 Å². The van der Waals surface area contributed by atoms with Crippen LogP contribution in [0.25, 0.3) is 0 Å². The molecule has 1 spiro atoms. The van der Waals surface area contributed by atoms with Gasteiger partial charge in [0.05, 0.1) is 5.41 Å². The zero-order chi connectivity index (χ0) is 18.7. The number of pyridine rings is 2. The second-order valence-corrected chi connectivity index (χ2v) is 7.02. The summed E-state index contributed by atoms with van der Waals surface area (Å²) in [6, 6.07) is 19.6. The Morgan fingerprint density at radius 2 is 1.14 bits per heavy atom. The first kappa shape index (κ1) is 15.3. The van der Waals surface area contributed by atoms with Crippen LogP contribution in [-0.4, -0.2) is 15.8 Å². The first-order chi connectivity index (χ1) is 13.8. The van der Waals surface area contributed by atoms with Crippen LogP contribution in [0.3, 0.4) is 0 Å². The third-order valence-corrected chi connectivity index (χ3v) is 5.74. The van der Waals surface area contributed by atoms with Gasteiger partial charge in [0.15, 0.2) is 5.78 Å². The van der Waals surface area contributed by atoms with Crippen molar-refractivity contribution in [2.45, 2.75) is 5.41 Å². The number of hydrogen-bond donors (Lipinski definition) is 0. The zero-order valence-electron chi connectivity index (χ0n) is 14.8. The van der Waals surface area contributed by atoms with Gasteiger partial charge in [-0.05, 0) is 24.3 Å². The highest BCUT2D eigenvalue weighted by molar-refractivity contribution is 6.14. The lowest BCUT2D eigenvalue weighted by Crippen LogP contribution is -2.40. The molecule has 2 aromatic heterocycles. The molecule has 0 N–H and O–H groups in total. The van der Waals surface area contributed by atoms with Crippen LogP contribution in [-0.2, 0) is 5.41 Å². The van der Waals surface area contributed by atoms with Gasteiger partial charge in [-0.2, -0.15) is 0 Å². The van der Waals surface area contributed by atoms with E-state index in [4.69, 9.17) is 4.74 Å². The lowest BCUT2D eigenvalue weighted by Gasteiger charge is -2.44. The van der Waals surface area contributed by atoms with Crippen molar-refractivity contribution in [3.63, 3.8) is 0 Å². The molecule has 0 amide bonds. The van der Waals surface area contributed by atoms with Gasteiger partial charge in [0.25, 0.3) is 0 Å². The van der Waals surface area contributed by atoms with Crippen LogP contribution >= 0.6 is 0 Å². The Labute approximate surface area is 161 Å². The molecule has 2 aromatic carbocycles. The number of carbonyl (C=O) groups excluding carboxylic acids is 1. The Morgan fingerprint density at radius 1 is 0.643 bits per heavy atom. The average molecular weight is 362 g/mol. The van der Waals surface area contributed by atoms with Crippen molar-refractivity contribution >= 4 is 5.78 Å². The molecule has 6 rings (SSSR count). The van der Waals surface area contributed by atoms with Crippen LogP contribution in [0.5, 0.6) is 11.5 Å². The average Bonchev–Trinajstić information content (AvgIpc) is 2.77. The predicted molar refractivity (Wildman–Crippen MR) is 104 cm³/mol. The molecule has 1 aliphatic heterocycles. The molecule has 0 fully saturated rings. The summed E-state index contributed by atoms with van der Waals surface area (Å²) in [5, 5.41) is 0. The minimum absolute atomic E-state index is 0.00174. The van der Waals surface area contributed by atoms with Crippen LogP contribution in [0.1, 0.15) is 38.2 Å². The fourth-order valence-electron chi connectivity index (χ4n) is 4.65. The maximum absolute atomic E-state index is 13.3. The van der Waals surface area contributed by atoms with Crippen LogP contribution in [0, 0.1) is 0 Å². The van der Waals surface area contributed by atoms with E-state index in [1.807, 2.05) is 60.9 Å². The molecule has 0 bridgehead atoms. The minimum atomic E-state index is -0.702. The van der Waals surface area contributed by atoms with E-state index in [2.05, 4.69) is 22.1 Å². The van der Waals surface area contributed by atoms with Crippen LogP contribution in [0.2, 0.25) is 0 Å². The highest BCUT2D eigenvalue weighted by Crippen LogP contribution is 2.57. The number of ether oxygens (including phenoxy) is 1. The first-order valence-electron chi connectivity index (χ1n) is 9.12. The van der Waals surface area contributed by atoms with E-state index in [1.54, 1.807) is 12.4 Å². The first-order valence-corrected chi connectivity index (χ1v) is 9.12. The van der Waals surface area contributed by atoms with E-state index < -0.39 is 5.41 Å². The Kier molecular flexibility index (Phi) is 2.93. The third kappa shape index (κ3) is 1.72. The summed E-state index contributed by atoms with van der Waals surface area (Å²) in [6.07, 6.45) is 6.96. The molecule has 3 heterocycles. The smallest absolute Gasteiger partial charge is 0.193 e. The number of carbonyl (C=O) groups is 1. The van der Waals surface area contributed by atoms with E-state index in [1.165, 1.54) is 0 Å². The summed E-state index contributed by atoms with van der Waals surface area (Å²) in [7, 11) is 0. The molecule has 0 atom stereocenters. The zero-order valence-corrected chi connectivity index (χ0v) is 14.8. The van der Waals surface area contributed by atoms with Crippen LogP contribution in [0.15, 0.2) is 85.5 Å². The molecule has 0 radical (unpaired) electrons. The number of hydrogen-bond acceptors (Lipinski definition) is 4. The molecule has 0 unspecified atom stereocenters. The maximum atomic E-state index is 13.3. The molecule has 1 aliphatic carbocycles. The number of aromatic nitrogens is 2. The van der Waals surface area contributed by atoms with Crippen molar-refractivity contribution in [1.82, 2.24) is 9.97 Å². The van der Waals surface area contributed by atoms with Crippen molar-refractivity contribution in [3.05, 3.63) is 119 Å². The highest BCUT2D eigenvalue weighted by Gasteiger charge is 2.51. The largest absolute Gasteiger partial charge is 0.457 e. The van der Waals surface area contributed by atoms with E-state index in [9.17, 15) is 4.79 Å². The van der Waals surface area contributed by atoms with Gasteiger partial charge in [0.2, 0.25) is 0 Å².